The van der Waals surface area contributed by atoms with E-state index in [0.717, 1.165) is 53.3 Å². The third-order valence-electron chi connectivity index (χ3n) is 6.36. The molecule has 10 heteroatoms. The molecule has 2 N–H and O–H groups in total. The first-order chi connectivity index (χ1) is 17.0. The van der Waals surface area contributed by atoms with Crippen LogP contribution in [0.5, 0.6) is 5.88 Å². The van der Waals surface area contributed by atoms with Crippen LogP contribution in [0.2, 0.25) is 5.15 Å². The molecule has 0 atom stereocenters. The molecule has 4 aromatic heterocycles. The molecule has 5 aromatic rings. The molecule has 1 saturated carbocycles. The first-order valence-corrected chi connectivity index (χ1v) is 12.3. The van der Waals surface area contributed by atoms with Gasteiger partial charge in [-0.25, -0.2) is 9.67 Å². The molecule has 1 aromatic carbocycles. The van der Waals surface area contributed by atoms with Crippen LogP contribution in [0, 0.1) is 6.92 Å². The first kappa shape index (κ1) is 21.9. The van der Waals surface area contributed by atoms with Gasteiger partial charge in [0.1, 0.15) is 17.3 Å². The van der Waals surface area contributed by atoms with Crippen LogP contribution in [0.3, 0.4) is 0 Å². The van der Waals surface area contributed by atoms with Crippen molar-refractivity contribution >= 4 is 45.4 Å². The number of oxazole rings is 1. The minimum Gasteiger partial charge on any atom is -0.474 e. The Morgan fingerprint density at radius 2 is 2.03 bits per heavy atom. The summed E-state index contributed by atoms with van der Waals surface area (Å²) in [5.41, 5.74) is 4.80. The van der Waals surface area contributed by atoms with Crippen molar-refractivity contribution in [1.82, 2.24) is 29.7 Å². The lowest BCUT2D eigenvalue weighted by Crippen LogP contribution is -2.13. The van der Waals surface area contributed by atoms with Crippen molar-refractivity contribution in [3.63, 3.8) is 0 Å². The van der Waals surface area contributed by atoms with Gasteiger partial charge in [0.05, 0.1) is 17.3 Å². The molecule has 1 aliphatic carbocycles. The first-order valence-electron chi connectivity index (χ1n) is 11.9. The highest BCUT2D eigenvalue weighted by molar-refractivity contribution is 6.32. The summed E-state index contributed by atoms with van der Waals surface area (Å²) in [5, 5.41) is 8.92. The maximum absolute atomic E-state index is 6.53. The molecule has 0 unspecified atom stereocenters. The fourth-order valence-electron chi connectivity index (χ4n) is 4.65. The van der Waals surface area contributed by atoms with E-state index in [-0.39, 0.29) is 12.1 Å². The lowest BCUT2D eigenvalue weighted by molar-refractivity contribution is 0.204. The number of aryl methyl sites for hydroxylation is 1. The molecule has 35 heavy (non-hydrogen) atoms. The molecular formula is C25H26ClN7O2. The number of aromatic nitrogens is 6. The van der Waals surface area contributed by atoms with Crippen LogP contribution in [0.15, 0.2) is 35.0 Å². The maximum atomic E-state index is 6.53. The second-order valence-electron chi connectivity index (χ2n) is 9.23. The summed E-state index contributed by atoms with van der Waals surface area (Å²) < 4.78 is 14.0. The fourth-order valence-corrected chi connectivity index (χ4v) is 4.99. The van der Waals surface area contributed by atoms with Crippen molar-refractivity contribution in [3.8, 4) is 17.0 Å². The van der Waals surface area contributed by atoms with Gasteiger partial charge in [0.25, 0.3) is 0 Å². The molecule has 180 valence electrons. The van der Waals surface area contributed by atoms with E-state index in [1.807, 2.05) is 45.2 Å². The molecule has 4 heterocycles. The van der Waals surface area contributed by atoms with E-state index in [1.165, 1.54) is 0 Å². The number of aromatic amines is 1. The molecule has 0 spiro atoms. The average molecular weight is 492 g/mol. The number of H-pyrrole nitrogens is 1. The monoisotopic (exact) mass is 491 g/mol. The summed E-state index contributed by atoms with van der Waals surface area (Å²) in [6.07, 6.45) is 8.11. The number of hydrogen-bond donors (Lipinski definition) is 2. The van der Waals surface area contributed by atoms with Crippen molar-refractivity contribution in [2.75, 3.05) is 5.32 Å². The standard InChI is InChI=1S/C25H26ClN7O2/c1-13(2)33-22(26)19(12-28-33)30-25-31-23-21(24(32-25)35-16-6-4-5-7-16)17(11-27-23)15-8-9-18-20(10-15)34-14(3)29-18/h8-13,16H,4-7H2,1-3H3,(H2,27,30,31,32). The van der Waals surface area contributed by atoms with E-state index in [0.29, 0.717) is 34.2 Å². The fraction of sp³-hybridized carbons (Fsp3) is 0.360. The van der Waals surface area contributed by atoms with Crippen LogP contribution in [-0.4, -0.2) is 35.8 Å². The van der Waals surface area contributed by atoms with Gasteiger partial charge in [-0.2, -0.15) is 15.1 Å². The smallest absolute Gasteiger partial charge is 0.232 e. The number of rotatable bonds is 6. The maximum Gasteiger partial charge on any atom is 0.232 e. The Labute approximate surface area is 206 Å². The second-order valence-corrected chi connectivity index (χ2v) is 9.59. The molecular weight excluding hydrogens is 466 g/mol. The van der Waals surface area contributed by atoms with E-state index in [1.54, 1.807) is 10.9 Å². The lowest BCUT2D eigenvalue weighted by Gasteiger charge is -2.15. The third-order valence-corrected chi connectivity index (χ3v) is 6.73. The van der Waals surface area contributed by atoms with Gasteiger partial charge < -0.3 is 19.5 Å². The summed E-state index contributed by atoms with van der Waals surface area (Å²) in [6.45, 7) is 5.89. The summed E-state index contributed by atoms with van der Waals surface area (Å²) >= 11 is 6.53. The molecule has 0 saturated heterocycles. The SMILES string of the molecule is Cc1nc2ccc(-c3c[nH]c4nc(Nc5cnn(C(C)C)c5Cl)nc(OC5CCCC5)c34)cc2o1. The summed E-state index contributed by atoms with van der Waals surface area (Å²) in [5.74, 6) is 1.58. The molecule has 0 radical (unpaired) electrons. The quantitative estimate of drug-likeness (QED) is 0.276. The Balaban J connectivity index is 1.44. The van der Waals surface area contributed by atoms with Crippen LogP contribution in [0.25, 0.3) is 33.3 Å². The molecule has 0 aliphatic heterocycles. The van der Waals surface area contributed by atoms with Gasteiger partial charge in [-0.3, -0.25) is 0 Å². The number of fused-ring (bicyclic) bond motifs is 2. The van der Waals surface area contributed by atoms with Crippen molar-refractivity contribution in [3.05, 3.63) is 41.6 Å². The predicted octanol–water partition coefficient (Wildman–Crippen LogP) is 6.57. The van der Waals surface area contributed by atoms with Crippen LogP contribution in [0.1, 0.15) is 51.5 Å². The Morgan fingerprint density at radius 1 is 1.20 bits per heavy atom. The summed E-state index contributed by atoms with van der Waals surface area (Å²) in [7, 11) is 0. The number of benzene rings is 1. The normalized spacial score (nSPS) is 14.5. The van der Waals surface area contributed by atoms with Gasteiger partial charge in [-0.1, -0.05) is 17.7 Å². The minimum absolute atomic E-state index is 0.135. The lowest BCUT2D eigenvalue weighted by atomic mass is 10.1. The van der Waals surface area contributed by atoms with Crippen LogP contribution < -0.4 is 10.1 Å². The summed E-state index contributed by atoms with van der Waals surface area (Å²) in [4.78, 5) is 17.2. The molecule has 6 rings (SSSR count). The Hall–Kier alpha value is -3.59. The number of hydrogen-bond acceptors (Lipinski definition) is 7. The van der Waals surface area contributed by atoms with Crippen molar-refractivity contribution in [1.29, 1.82) is 0 Å². The van der Waals surface area contributed by atoms with Crippen molar-refractivity contribution in [2.24, 2.45) is 0 Å². The van der Waals surface area contributed by atoms with Gasteiger partial charge in [0.15, 0.2) is 16.6 Å². The molecule has 0 bridgehead atoms. The number of nitrogens with one attached hydrogen (secondary N) is 2. The van der Waals surface area contributed by atoms with E-state index >= 15 is 0 Å². The van der Waals surface area contributed by atoms with Gasteiger partial charge in [-0.15, -0.1) is 0 Å². The van der Waals surface area contributed by atoms with E-state index < -0.39 is 0 Å². The Kier molecular flexibility index (Phi) is 5.36. The zero-order valence-electron chi connectivity index (χ0n) is 19.8. The van der Waals surface area contributed by atoms with Crippen LogP contribution in [0.4, 0.5) is 11.6 Å². The zero-order chi connectivity index (χ0) is 24.1. The Morgan fingerprint density at radius 3 is 2.80 bits per heavy atom. The van der Waals surface area contributed by atoms with E-state index in [9.17, 15) is 0 Å². The van der Waals surface area contributed by atoms with Gasteiger partial charge in [0, 0.05) is 24.7 Å². The third kappa shape index (κ3) is 3.99. The topological polar surface area (TPSA) is 107 Å². The molecule has 9 nitrogen and oxygen atoms in total. The van der Waals surface area contributed by atoms with Crippen molar-refractivity contribution in [2.45, 2.75) is 58.6 Å². The molecule has 1 fully saturated rings. The average Bonchev–Trinajstić information content (AvgIpc) is 3.60. The highest BCUT2D eigenvalue weighted by Crippen LogP contribution is 2.38. The van der Waals surface area contributed by atoms with Crippen molar-refractivity contribution < 1.29 is 9.15 Å². The largest absolute Gasteiger partial charge is 0.474 e. The number of halogens is 1. The summed E-state index contributed by atoms with van der Waals surface area (Å²) in [6, 6.07) is 6.11. The second kappa shape index (κ2) is 8.57. The van der Waals surface area contributed by atoms with E-state index in [2.05, 4.69) is 20.4 Å². The molecule has 1 aliphatic rings. The number of nitrogens with zero attached hydrogens (tertiary/aromatic N) is 5. The Bertz CT molecular complexity index is 1530. The number of anilines is 2. The highest BCUT2D eigenvalue weighted by atomic mass is 35.5. The predicted molar refractivity (Wildman–Crippen MR) is 135 cm³/mol. The molecule has 0 amide bonds. The zero-order valence-corrected chi connectivity index (χ0v) is 20.6. The minimum atomic E-state index is 0.135. The van der Waals surface area contributed by atoms with Crippen LogP contribution in [-0.2, 0) is 0 Å². The van der Waals surface area contributed by atoms with Gasteiger partial charge in [-0.05, 0) is 57.2 Å². The van der Waals surface area contributed by atoms with Crippen LogP contribution >= 0.6 is 11.6 Å². The van der Waals surface area contributed by atoms with E-state index in [4.69, 9.17) is 30.7 Å². The number of ether oxygens (including phenoxy) is 1. The highest BCUT2D eigenvalue weighted by Gasteiger charge is 2.23. The van der Waals surface area contributed by atoms with Gasteiger partial charge >= 0.3 is 0 Å². The van der Waals surface area contributed by atoms with Gasteiger partial charge in [0.2, 0.25) is 11.8 Å².